The van der Waals surface area contributed by atoms with Crippen molar-refractivity contribution in [3.05, 3.63) is 48.0 Å². The first-order valence-electron chi connectivity index (χ1n) is 9.16. The molecule has 0 aliphatic carbocycles. The predicted octanol–water partition coefficient (Wildman–Crippen LogP) is 4.63. The van der Waals surface area contributed by atoms with Crippen LogP contribution in [0.5, 0.6) is 5.75 Å². The van der Waals surface area contributed by atoms with Crippen LogP contribution in [0.2, 0.25) is 0 Å². The van der Waals surface area contributed by atoms with Gasteiger partial charge in [0, 0.05) is 23.5 Å². The van der Waals surface area contributed by atoms with Crippen LogP contribution in [0.3, 0.4) is 0 Å². The van der Waals surface area contributed by atoms with Crippen LogP contribution in [0.4, 0.5) is 5.13 Å². The van der Waals surface area contributed by atoms with E-state index in [9.17, 15) is 4.79 Å². The van der Waals surface area contributed by atoms with Crippen molar-refractivity contribution in [3.8, 4) is 5.75 Å². The molecule has 0 aliphatic heterocycles. The molecule has 0 aliphatic rings. The number of benzene rings is 2. The summed E-state index contributed by atoms with van der Waals surface area (Å²) >= 11 is 3.15. The maximum absolute atomic E-state index is 13.3. The third-order valence-electron chi connectivity index (χ3n) is 4.23. The lowest BCUT2D eigenvalue weighted by molar-refractivity contribution is 0.0985. The second-order valence-corrected chi connectivity index (χ2v) is 8.41. The molecule has 0 atom stereocenters. The monoisotopic (exact) mass is 415 g/mol. The van der Waals surface area contributed by atoms with Gasteiger partial charge in [0.25, 0.3) is 5.91 Å². The summed E-state index contributed by atoms with van der Waals surface area (Å²) in [6, 6.07) is 13.6. The van der Waals surface area contributed by atoms with Gasteiger partial charge in [0.15, 0.2) is 5.13 Å². The number of likely N-dealkylation sites (N-methyl/N-ethyl adjacent to an activating group) is 1. The zero-order valence-corrected chi connectivity index (χ0v) is 18.3. The second kappa shape index (κ2) is 9.41. The van der Waals surface area contributed by atoms with Gasteiger partial charge < -0.3 is 9.64 Å². The Labute approximate surface area is 174 Å². The van der Waals surface area contributed by atoms with Gasteiger partial charge >= 0.3 is 0 Å². The molecule has 1 amide bonds. The quantitative estimate of drug-likeness (QED) is 0.502. The van der Waals surface area contributed by atoms with Crippen molar-refractivity contribution in [2.24, 2.45) is 0 Å². The van der Waals surface area contributed by atoms with E-state index in [1.807, 2.05) is 69.7 Å². The first kappa shape index (κ1) is 20.6. The summed E-state index contributed by atoms with van der Waals surface area (Å²) in [7, 11) is 4.01. The van der Waals surface area contributed by atoms with Crippen LogP contribution in [0.25, 0.3) is 10.2 Å². The molecule has 148 valence electrons. The van der Waals surface area contributed by atoms with Crippen LogP contribution in [-0.4, -0.2) is 55.8 Å². The Morgan fingerprint density at radius 3 is 2.68 bits per heavy atom. The largest absolute Gasteiger partial charge is 0.492 e. The Morgan fingerprint density at radius 2 is 1.96 bits per heavy atom. The number of carbonyl (C=O) groups is 1. The van der Waals surface area contributed by atoms with E-state index >= 15 is 0 Å². The van der Waals surface area contributed by atoms with Crippen molar-refractivity contribution in [2.75, 3.05) is 44.9 Å². The summed E-state index contributed by atoms with van der Waals surface area (Å²) < 4.78 is 6.73. The number of amides is 1. The minimum absolute atomic E-state index is 0.0326. The van der Waals surface area contributed by atoms with E-state index in [4.69, 9.17) is 9.72 Å². The molecule has 0 spiro atoms. The average molecular weight is 416 g/mol. The molecule has 1 aromatic heterocycles. The third-order valence-corrected chi connectivity index (χ3v) is 6.00. The molecule has 5 nitrogen and oxygen atoms in total. The van der Waals surface area contributed by atoms with Gasteiger partial charge in [0.05, 0.1) is 11.3 Å². The molecule has 0 bridgehead atoms. The number of thioether (sulfide) groups is 1. The fourth-order valence-electron chi connectivity index (χ4n) is 2.79. The van der Waals surface area contributed by atoms with Gasteiger partial charge in [0.2, 0.25) is 0 Å². The summed E-state index contributed by atoms with van der Waals surface area (Å²) in [6.07, 6.45) is 2.01. The number of anilines is 1. The maximum atomic E-state index is 13.3. The molecule has 3 aromatic rings. The predicted molar refractivity (Wildman–Crippen MR) is 119 cm³/mol. The van der Waals surface area contributed by atoms with Crippen molar-refractivity contribution in [1.82, 2.24) is 9.88 Å². The molecule has 0 radical (unpaired) electrons. The molecular weight excluding hydrogens is 390 g/mol. The first-order chi connectivity index (χ1) is 13.5. The van der Waals surface area contributed by atoms with Crippen molar-refractivity contribution in [2.45, 2.75) is 11.8 Å². The van der Waals surface area contributed by atoms with Gasteiger partial charge in [-0.15, -0.1) is 11.8 Å². The van der Waals surface area contributed by atoms with E-state index in [0.717, 1.165) is 27.4 Å². The van der Waals surface area contributed by atoms with E-state index in [1.54, 1.807) is 16.7 Å². The number of hydrogen-bond acceptors (Lipinski definition) is 6. The zero-order valence-electron chi connectivity index (χ0n) is 16.6. The van der Waals surface area contributed by atoms with Crippen LogP contribution in [-0.2, 0) is 0 Å². The Balaban J connectivity index is 2.00. The first-order valence-corrected chi connectivity index (χ1v) is 11.2. The highest BCUT2D eigenvalue weighted by Crippen LogP contribution is 2.35. The third kappa shape index (κ3) is 4.66. The lowest BCUT2D eigenvalue weighted by atomic mass is 10.2. The number of aromatic nitrogens is 1. The number of thiazole rings is 1. The van der Waals surface area contributed by atoms with Crippen LogP contribution in [0.1, 0.15) is 17.3 Å². The molecule has 28 heavy (non-hydrogen) atoms. The summed E-state index contributed by atoms with van der Waals surface area (Å²) in [4.78, 5) is 23.0. The highest BCUT2D eigenvalue weighted by molar-refractivity contribution is 7.98. The highest BCUT2D eigenvalue weighted by atomic mass is 32.2. The summed E-state index contributed by atoms with van der Waals surface area (Å²) in [5.74, 6) is 0.724. The van der Waals surface area contributed by atoms with E-state index in [1.165, 1.54) is 11.3 Å². The number of rotatable bonds is 8. The number of fused-ring (bicyclic) bond motifs is 1. The van der Waals surface area contributed by atoms with Gasteiger partial charge in [-0.1, -0.05) is 23.5 Å². The van der Waals surface area contributed by atoms with Gasteiger partial charge in [-0.25, -0.2) is 4.98 Å². The molecule has 3 rings (SSSR count). The topological polar surface area (TPSA) is 45.7 Å². The molecule has 7 heteroatoms. The van der Waals surface area contributed by atoms with Crippen molar-refractivity contribution < 1.29 is 9.53 Å². The highest BCUT2D eigenvalue weighted by Gasteiger charge is 2.22. The second-order valence-electron chi connectivity index (χ2n) is 6.52. The molecule has 0 N–H and O–H groups in total. The summed E-state index contributed by atoms with van der Waals surface area (Å²) in [5.41, 5.74) is 1.49. The standard InChI is InChI=1S/C21H25N3O2S2/c1-5-26-17-10-7-11-18-19(17)22-21(28-18)24(13-12-23(2)3)20(25)15-8-6-9-16(14-15)27-4/h6-11,14H,5,12-13H2,1-4H3. The van der Waals surface area contributed by atoms with Gasteiger partial charge in [-0.05, 0) is 57.6 Å². The Bertz CT molecular complexity index is 956. The van der Waals surface area contributed by atoms with Crippen LogP contribution >= 0.6 is 23.1 Å². The molecule has 1 heterocycles. The molecule has 0 saturated heterocycles. The minimum atomic E-state index is -0.0326. The molecule has 0 unspecified atom stereocenters. The normalized spacial score (nSPS) is 11.2. The summed E-state index contributed by atoms with van der Waals surface area (Å²) in [5, 5.41) is 0.698. The fraction of sp³-hybridized carbons (Fsp3) is 0.333. The van der Waals surface area contributed by atoms with E-state index < -0.39 is 0 Å². The van der Waals surface area contributed by atoms with Gasteiger partial charge in [-0.3, -0.25) is 9.69 Å². The maximum Gasteiger partial charge on any atom is 0.260 e. The van der Waals surface area contributed by atoms with Gasteiger partial charge in [0.1, 0.15) is 11.3 Å². The van der Waals surface area contributed by atoms with Crippen molar-refractivity contribution in [1.29, 1.82) is 0 Å². The number of ether oxygens (including phenoxy) is 1. The van der Waals surface area contributed by atoms with Crippen LogP contribution in [0.15, 0.2) is 47.4 Å². The average Bonchev–Trinajstić information content (AvgIpc) is 3.13. The Kier molecular flexibility index (Phi) is 6.93. The molecular formula is C21H25N3O2S2. The fourth-order valence-corrected chi connectivity index (χ4v) is 4.26. The number of carbonyl (C=O) groups excluding carboxylic acids is 1. The van der Waals surface area contributed by atoms with E-state index in [2.05, 4.69) is 4.90 Å². The molecule has 0 fully saturated rings. The zero-order chi connectivity index (χ0) is 20.1. The smallest absolute Gasteiger partial charge is 0.260 e. The lowest BCUT2D eigenvalue weighted by Crippen LogP contribution is -2.36. The lowest BCUT2D eigenvalue weighted by Gasteiger charge is -2.22. The number of para-hydroxylation sites is 1. The van der Waals surface area contributed by atoms with E-state index in [-0.39, 0.29) is 5.91 Å². The molecule has 0 saturated carbocycles. The number of hydrogen-bond donors (Lipinski definition) is 0. The molecule has 2 aromatic carbocycles. The Hall–Kier alpha value is -2.09. The van der Waals surface area contributed by atoms with Crippen molar-refractivity contribution in [3.63, 3.8) is 0 Å². The van der Waals surface area contributed by atoms with E-state index in [0.29, 0.717) is 23.8 Å². The minimum Gasteiger partial charge on any atom is -0.492 e. The van der Waals surface area contributed by atoms with Crippen LogP contribution < -0.4 is 9.64 Å². The Morgan fingerprint density at radius 1 is 1.18 bits per heavy atom. The number of nitrogens with zero attached hydrogens (tertiary/aromatic N) is 3. The SMILES string of the molecule is CCOc1cccc2sc(N(CCN(C)C)C(=O)c3cccc(SC)c3)nc12. The van der Waals surface area contributed by atoms with Crippen molar-refractivity contribution >= 4 is 44.4 Å². The van der Waals surface area contributed by atoms with Crippen LogP contribution in [0, 0.1) is 0 Å². The van der Waals surface area contributed by atoms with Gasteiger partial charge in [-0.2, -0.15) is 0 Å². The summed E-state index contributed by atoms with van der Waals surface area (Å²) in [6.45, 7) is 3.86.